The Morgan fingerprint density at radius 2 is 2.04 bits per heavy atom. The molecule has 0 aromatic carbocycles. The lowest BCUT2D eigenvalue weighted by molar-refractivity contribution is -0.00964. The number of hydrogen-bond donors (Lipinski definition) is 0. The maximum Gasteiger partial charge on any atom is 0.238 e. The van der Waals surface area contributed by atoms with Gasteiger partial charge in [0, 0.05) is 46.6 Å². The van der Waals surface area contributed by atoms with Crippen molar-refractivity contribution in [3.05, 3.63) is 0 Å². The maximum atomic E-state index is 6.13. The SMILES string of the molecule is BC1CC(OP(OC)SC[C@@H](CC(P)OC)OC)C(COC)O1. The fourth-order valence-electron chi connectivity index (χ4n) is 2.31. The molecule has 1 heterocycles. The quantitative estimate of drug-likeness (QED) is 0.373. The van der Waals surface area contributed by atoms with Crippen LogP contribution in [0.5, 0.6) is 0 Å². The first-order valence-electron chi connectivity index (χ1n) is 7.63. The van der Waals surface area contributed by atoms with Gasteiger partial charge in [0.05, 0.1) is 24.7 Å². The molecule has 1 aliphatic heterocycles. The predicted molar refractivity (Wildman–Crippen MR) is 101 cm³/mol. The molecule has 0 N–H and O–H groups in total. The Labute approximate surface area is 148 Å². The molecular weight excluding hydrogens is 357 g/mol. The number of ether oxygens (including phenoxy) is 4. The number of rotatable bonds is 12. The lowest BCUT2D eigenvalue weighted by atomic mass is 9.96. The van der Waals surface area contributed by atoms with Gasteiger partial charge in [-0.25, -0.2) is 0 Å². The summed E-state index contributed by atoms with van der Waals surface area (Å²) in [4.78, 5) is 0. The van der Waals surface area contributed by atoms with E-state index in [4.69, 9.17) is 28.0 Å². The van der Waals surface area contributed by atoms with Crippen LogP contribution in [0.25, 0.3) is 0 Å². The summed E-state index contributed by atoms with van der Waals surface area (Å²) in [5.41, 5.74) is 0. The van der Waals surface area contributed by atoms with E-state index in [1.807, 2.05) is 0 Å². The van der Waals surface area contributed by atoms with Gasteiger partial charge in [0.2, 0.25) is 7.58 Å². The van der Waals surface area contributed by atoms with Crippen LogP contribution in [0.4, 0.5) is 0 Å². The van der Waals surface area contributed by atoms with Gasteiger partial charge in [-0.1, -0.05) is 11.4 Å². The highest BCUT2D eigenvalue weighted by Crippen LogP contribution is 2.54. The van der Waals surface area contributed by atoms with Gasteiger partial charge < -0.3 is 28.0 Å². The zero-order chi connectivity index (χ0) is 17.2. The molecule has 0 aromatic rings. The molecular formula is C13H29BO6P2S. The van der Waals surface area contributed by atoms with E-state index in [0.717, 1.165) is 18.6 Å². The first-order chi connectivity index (χ1) is 11.0. The molecule has 1 aliphatic rings. The Bertz CT molecular complexity index is 320. The summed E-state index contributed by atoms with van der Waals surface area (Å²) in [5.74, 6) is 0.882. The topological polar surface area (TPSA) is 55.4 Å². The fourth-order valence-corrected chi connectivity index (χ4v) is 5.56. The molecule has 0 aromatic heterocycles. The van der Waals surface area contributed by atoms with E-state index in [1.165, 1.54) is 0 Å². The molecule has 7 atom stereocenters. The van der Waals surface area contributed by atoms with Crippen molar-refractivity contribution in [1.29, 1.82) is 0 Å². The molecule has 0 saturated carbocycles. The standard InChI is InChI=1S/C13H29BO6P2S/c1-15-7-11-10(6-12(14)19-11)20-22(18-4)23-8-9(16-2)5-13(21)17-3/h9-13H,5-8,14,21H2,1-4H3/t9-,10?,11?,12?,13?,22?/m1/s1. The summed E-state index contributed by atoms with van der Waals surface area (Å²) in [6, 6.07) is 0.185. The van der Waals surface area contributed by atoms with Crippen LogP contribution in [0.15, 0.2) is 0 Å². The van der Waals surface area contributed by atoms with Crippen LogP contribution in [0, 0.1) is 0 Å². The molecule has 23 heavy (non-hydrogen) atoms. The van der Waals surface area contributed by atoms with Crippen molar-refractivity contribution < 1.29 is 28.0 Å². The van der Waals surface area contributed by atoms with Crippen molar-refractivity contribution in [3.8, 4) is 0 Å². The molecule has 1 rings (SSSR count). The van der Waals surface area contributed by atoms with Gasteiger partial charge in [0.15, 0.2) is 0 Å². The Kier molecular flexibility index (Phi) is 11.9. The normalized spacial score (nSPS) is 28.7. The van der Waals surface area contributed by atoms with Crippen molar-refractivity contribution in [1.82, 2.24) is 0 Å². The van der Waals surface area contributed by atoms with Crippen molar-refractivity contribution in [2.24, 2.45) is 0 Å². The first kappa shape index (κ1) is 22.1. The summed E-state index contributed by atoms with van der Waals surface area (Å²) < 4.78 is 33.5. The molecule has 0 radical (unpaired) electrons. The van der Waals surface area contributed by atoms with Crippen LogP contribution >= 0.6 is 28.2 Å². The highest BCUT2D eigenvalue weighted by molar-refractivity contribution is 8.52. The second kappa shape index (κ2) is 12.4. The minimum atomic E-state index is -1.04. The molecule has 0 aliphatic carbocycles. The minimum Gasteiger partial charge on any atom is -0.382 e. The summed E-state index contributed by atoms with van der Waals surface area (Å²) >= 11 is 1.65. The van der Waals surface area contributed by atoms with Gasteiger partial charge in [-0.3, -0.25) is 0 Å². The maximum absolute atomic E-state index is 6.13. The van der Waals surface area contributed by atoms with Crippen molar-refractivity contribution in [2.45, 2.75) is 43.0 Å². The third-order valence-corrected chi connectivity index (χ3v) is 7.39. The monoisotopic (exact) mass is 386 g/mol. The first-order valence-corrected chi connectivity index (χ1v) is 11.1. The summed E-state index contributed by atoms with van der Waals surface area (Å²) in [5, 5.41) is 0. The second-order valence-corrected chi connectivity index (χ2v) is 9.42. The van der Waals surface area contributed by atoms with Crippen molar-refractivity contribution in [3.63, 3.8) is 0 Å². The lowest BCUT2D eigenvalue weighted by Gasteiger charge is -2.24. The van der Waals surface area contributed by atoms with E-state index < -0.39 is 7.58 Å². The van der Waals surface area contributed by atoms with Crippen LogP contribution < -0.4 is 0 Å². The van der Waals surface area contributed by atoms with Gasteiger partial charge in [-0.15, -0.1) is 9.24 Å². The van der Waals surface area contributed by atoms with Gasteiger partial charge in [-0.2, -0.15) is 0 Å². The Hall–Kier alpha value is 1.03. The van der Waals surface area contributed by atoms with E-state index in [1.54, 1.807) is 39.8 Å². The third kappa shape index (κ3) is 8.30. The Morgan fingerprint density at radius 1 is 1.30 bits per heavy atom. The van der Waals surface area contributed by atoms with Gasteiger partial charge in [-0.05, 0) is 6.42 Å². The van der Waals surface area contributed by atoms with E-state index in [-0.39, 0.29) is 30.2 Å². The highest BCUT2D eigenvalue weighted by Gasteiger charge is 2.36. The second-order valence-electron chi connectivity index (χ2n) is 5.39. The van der Waals surface area contributed by atoms with Gasteiger partial charge in [0.25, 0.3) is 0 Å². The van der Waals surface area contributed by atoms with Crippen LogP contribution in [0.2, 0.25) is 0 Å². The van der Waals surface area contributed by atoms with Crippen molar-refractivity contribution >= 4 is 36.0 Å². The number of methoxy groups -OCH3 is 3. The Morgan fingerprint density at radius 3 is 2.61 bits per heavy atom. The van der Waals surface area contributed by atoms with Crippen LogP contribution in [-0.4, -0.2) is 78.8 Å². The molecule has 1 saturated heterocycles. The zero-order valence-corrected chi connectivity index (χ0v) is 17.5. The molecule has 10 heteroatoms. The average Bonchev–Trinajstić information content (AvgIpc) is 2.89. The molecule has 136 valence electrons. The van der Waals surface area contributed by atoms with Crippen LogP contribution in [0.1, 0.15) is 12.8 Å². The lowest BCUT2D eigenvalue weighted by Crippen LogP contribution is -2.27. The number of hydrogen-bond acceptors (Lipinski definition) is 7. The highest BCUT2D eigenvalue weighted by atomic mass is 32.7. The fraction of sp³-hybridized carbons (Fsp3) is 1.00. The zero-order valence-electron chi connectivity index (χ0n) is 14.6. The predicted octanol–water partition coefficient (Wildman–Crippen LogP) is 1.63. The molecule has 1 fully saturated rings. The largest absolute Gasteiger partial charge is 0.382 e. The summed E-state index contributed by atoms with van der Waals surface area (Å²) in [7, 11) is 10.4. The average molecular weight is 386 g/mol. The summed E-state index contributed by atoms with van der Waals surface area (Å²) in [6.07, 6.45) is 1.76. The minimum absolute atomic E-state index is 0.0120. The molecule has 0 spiro atoms. The van der Waals surface area contributed by atoms with Gasteiger partial charge >= 0.3 is 0 Å². The van der Waals surface area contributed by atoms with Gasteiger partial charge in [0.1, 0.15) is 14.0 Å². The van der Waals surface area contributed by atoms with Crippen LogP contribution in [-0.2, 0) is 28.0 Å². The smallest absolute Gasteiger partial charge is 0.238 e. The van der Waals surface area contributed by atoms with E-state index in [2.05, 4.69) is 17.1 Å². The molecule has 0 bridgehead atoms. The van der Waals surface area contributed by atoms with E-state index in [9.17, 15) is 0 Å². The summed E-state index contributed by atoms with van der Waals surface area (Å²) in [6.45, 7) is 0.538. The Balaban J connectivity index is 2.43. The molecule has 6 unspecified atom stereocenters. The molecule has 0 amide bonds. The van der Waals surface area contributed by atoms with E-state index >= 15 is 0 Å². The van der Waals surface area contributed by atoms with Crippen LogP contribution in [0.3, 0.4) is 0 Å². The van der Waals surface area contributed by atoms with Crippen molar-refractivity contribution in [2.75, 3.05) is 40.8 Å². The third-order valence-electron chi connectivity index (χ3n) is 3.58. The van der Waals surface area contributed by atoms with E-state index in [0.29, 0.717) is 6.61 Å². The molecule has 6 nitrogen and oxygen atoms in total.